The number of ether oxygens (including phenoxy) is 1. The van der Waals surface area contributed by atoms with Gasteiger partial charge in [-0.15, -0.1) is 0 Å². The van der Waals surface area contributed by atoms with E-state index in [2.05, 4.69) is 9.69 Å². The normalized spacial score (nSPS) is 10.2. The highest BCUT2D eigenvalue weighted by atomic mass is 32.1. The molecular weight excluding hydrogens is 323 g/mol. The number of anilines is 1. The molecule has 9 heteroatoms. The van der Waals surface area contributed by atoms with E-state index < -0.39 is 17.8 Å². The molecule has 0 saturated heterocycles. The van der Waals surface area contributed by atoms with Crippen molar-refractivity contribution in [1.82, 2.24) is 9.27 Å². The number of rotatable bonds is 5. The van der Waals surface area contributed by atoms with Gasteiger partial charge in [-0.1, -0.05) is 18.2 Å². The second-order valence-corrected chi connectivity index (χ2v) is 5.53. The van der Waals surface area contributed by atoms with Crippen LogP contribution in [0.5, 0.6) is 5.88 Å². The van der Waals surface area contributed by atoms with Gasteiger partial charge in [-0.05, 0) is 17.6 Å². The molecule has 2 aromatic rings. The van der Waals surface area contributed by atoms with E-state index in [0.29, 0.717) is 5.56 Å². The Kier molecular flexibility index (Phi) is 5.12. The molecule has 0 spiro atoms. The van der Waals surface area contributed by atoms with Crippen LogP contribution in [0.15, 0.2) is 24.3 Å². The monoisotopic (exact) mass is 338 g/mol. The summed E-state index contributed by atoms with van der Waals surface area (Å²) in [5, 5.41) is 2.69. The van der Waals surface area contributed by atoms with Crippen LogP contribution in [0.3, 0.4) is 0 Å². The van der Waals surface area contributed by atoms with E-state index >= 15 is 0 Å². The maximum absolute atomic E-state index is 13.6. The summed E-state index contributed by atoms with van der Waals surface area (Å²) in [7, 11) is 3.10. The van der Waals surface area contributed by atoms with E-state index in [4.69, 9.17) is 10.5 Å². The maximum atomic E-state index is 13.6. The number of nitrogens with zero attached hydrogens (tertiary/aromatic N) is 2. The van der Waals surface area contributed by atoms with Gasteiger partial charge >= 0.3 is 6.03 Å². The van der Waals surface area contributed by atoms with Crippen molar-refractivity contribution in [3.8, 4) is 5.88 Å². The predicted octanol–water partition coefficient (Wildman–Crippen LogP) is 2.05. The lowest BCUT2D eigenvalue weighted by Crippen LogP contribution is -2.28. The number of urea groups is 1. The third kappa shape index (κ3) is 3.95. The Morgan fingerprint density at radius 1 is 1.39 bits per heavy atom. The molecule has 1 heterocycles. The van der Waals surface area contributed by atoms with Gasteiger partial charge in [-0.3, -0.25) is 10.1 Å². The van der Waals surface area contributed by atoms with Crippen LogP contribution < -0.4 is 15.8 Å². The van der Waals surface area contributed by atoms with E-state index in [1.807, 2.05) is 0 Å². The fraction of sp³-hybridized carbons (Fsp3) is 0.214. The summed E-state index contributed by atoms with van der Waals surface area (Å²) in [5.41, 5.74) is 5.59. The van der Waals surface area contributed by atoms with Crippen molar-refractivity contribution in [3.63, 3.8) is 0 Å². The second kappa shape index (κ2) is 7.05. The third-order valence-corrected chi connectivity index (χ3v) is 3.60. The molecule has 0 unspecified atom stereocenters. The number of carbonyl (C=O) groups is 2. The molecule has 2 rings (SSSR count). The lowest BCUT2D eigenvalue weighted by atomic mass is 10.2. The van der Waals surface area contributed by atoms with Gasteiger partial charge in [0.15, 0.2) is 0 Å². The lowest BCUT2D eigenvalue weighted by molar-refractivity contribution is 0.0996. The molecular formula is C14H15FN4O3S. The molecule has 3 N–H and O–H groups in total. The molecule has 0 radical (unpaired) electrons. The summed E-state index contributed by atoms with van der Waals surface area (Å²) in [6, 6.07) is 5.65. The van der Waals surface area contributed by atoms with Gasteiger partial charge in [0, 0.05) is 19.7 Å². The highest BCUT2D eigenvalue weighted by Crippen LogP contribution is 2.31. The number of hydrogen-bond donors (Lipinski definition) is 2. The molecule has 0 aliphatic carbocycles. The number of benzene rings is 1. The lowest BCUT2D eigenvalue weighted by Gasteiger charge is -2.11. The van der Waals surface area contributed by atoms with E-state index in [-0.39, 0.29) is 23.1 Å². The molecule has 0 bridgehead atoms. The van der Waals surface area contributed by atoms with Crippen molar-refractivity contribution in [2.24, 2.45) is 5.73 Å². The van der Waals surface area contributed by atoms with Crippen molar-refractivity contribution in [2.45, 2.75) is 6.61 Å². The van der Waals surface area contributed by atoms with Gasteiger partial charge in [0.2, 0.25) is 5.88 Å². The Morgan fingerprint density at radius 2 is 2.09 bits per heavy atom. The summed E-state index contributed by atoms with van der Waals surface area (Å²) in [5.74, 6) is -1.26. The molecule has 3 amide bonds. The minimum atomic E-state index is -0.795. The average Bonchev–Trinajstić information content (AvgIpc) is 2.89. The minimum absolute atomic E-state index is 0.0402. The van der Waals surface area contributed by atoms with Crippen LogP contribution in [0.25, 0.3) is 0 Å². The molecule has 7 nitrogen and oxygen atoms in total. The maximum Gasteiger partial charge on any atom is 0.321 e. The number of aromatic nitrogens is 1. The molecule has 0 fully saturated rings. The van der Waals surface area contributed by atoms with E-state index in [1.54, 1.807) is 32.3 Å². The minimum Gasteiger partial charge on any atom is -0.471 e. The van der Waals surface area contributed by atoms with E-state index in [9.17, 15) is 14.0 Å². The topological polar surface area (TPSA) is 97.6 Å². The highest BCUT2D eigenvalue weighted by Gasteiger charge is 2.22. The Hall–Kier alpha value is -2.68. The zero-order valence-electron chi connectivity index (χ0n) is 12.5. The van der Waals surface area contributed by atoms with Crippen molar-refractivity contribution in [2.75, 3.05) is 19.4 Å². The number of hydrogen-bond acceptors (Lipinski definition) is 5. The van der Waals surface area contributed by atoms with Gasteiger partial charge in [0.05, 0.1) is 0 Å². The molecule has 122 valence electrons. The first kappa shape index (κ1) is 16.7. The molecule has 0 atom stereocenters. The summed E-state index contributed by atoms with van der Waals surface area (Å²) in [4.78, 5) is 24.6. The average molecular weight is 338 g/mol. The zero-order valence-corrected chi connectivity index (χ0v) is 13.3. The van der Waals surface area contributed by atoms with Crippen LogP contribution in [0, 0.1) is 5.82 Å². The van der Waals surface area contributed by atoms with Gasteiger partial charge in [-0.25, -0.2) is 9.18 Å². The van der Waals surface area contributed by atoms with E-state index in [0.717, 1.165) is 11.5 Å². The number of nitrogens with two attached hydrogens (primary N) is 1. The second-order valence-electron chi connectivity index (χ2n) is 4.76. The Morgan fingerprint density at radius 3 is 2.70 bits per heavy atom. The van der Waals surface area contributed by atoms with Crippen LogP contribution in [0.1, 0.15) is 15.9 Å². The van der Waals surface area contributed by atoms with Crippen LogP contribution in [-0.2, 0) is 6.61 Å². The van der Waals surface area contributed by atoms with Gasteiger partial charge in [0.1, 0.15) is 23.0 Å². The number of amides is 3. The van der Waals surface area contributed by atoms with Crippen LogP contribution in [-0.4, -0.2) is 35.3 Å². The van der Waals surface area contributed by atoms with Crippen LogP contribution >= 0.6 is 11.5 Å². The van der Waals surface area contributed by atoms with Crippen molar-refractivity contribution in [3.05, 3.63) is 41.2 Å². The fourth-order valence-corrected chi connectivity index (χ4v) is 2.38. The first-order valence-electron chi connectivity index (χ1n) is 6.54. The zero-order chi connectivity index (χ0) is 17.0. The number of nitrogens with one attached hydrogen (secondary N) is 1. The summed E-state index contributed by atoms with van der Waals surface area (Å²) in [6.45, 7) is -0.113. The quantitative estimate of drug-likeness (QED) is 0.872. The molecule has 1 aromatic heterocycles. The Balaban J connectivity index is 2.19. The largest absolute Gasteiger partial charge is 0.471 e. The SMILES string of the molecule is CN(C)C(=O)Nc1snc(OCc2ccccc2F)c1C(N)=O. The third-order valence-electron chi connectivity index (χ3n) is 2.86. The van der Waals surface area contributed by atoms with Crippen molar-refractivity contribution >= 4 is 28.5 Å². The van der Waals surface area contributed by atoms with E-state index in [1.165, 1.54) is 11.0 Å². The summed E-state index contributed by atoms with van der Waals surface area (Å²) in [6.07, 6.45) is 0. The number of halogens is 1. The first-order chi connectivity index (χ1) is 10.9. The number of carbonyl (C=O) groups excluding carboxylic acids is 2. The Bertz CT molecular complexity index is 733. The van der Waals surface area contributed by atoms with Crippen LogP contribution in [0.2, 0.25) is 0 Å². The molecule has 1 aromatic carbocycles. The van der Waals surface area contributed by atoms with Gasteiger partial charge in [-0.2, -0.15) is 4.37 Å². The van der Waals surface area contributed by atoms with Crippen molar-refractivity contribution < 1.29 is 18.7 Å². The summed E-state index contributed by atoms with van der Waals surface area (Å²) >= 11 is 0.861. The smallest absolute Gasteiger partial charge is 0.321 e. The van der Waals surface area contributed by atoms with Crippen LogP contribution in [0.4, 0.5) is 14.2 Å². The Labute approximate surface area is 136 Å². The predicted molar refractivity (Wildman–Crippen MR) is 84.1 cm³/mol. The first-order valence-corrected chi connectivity index (χ1v) is 7.31. The number of primary amides is 1. The van der Waals surface area contributed by atoms with Gasteiger partial charge < -0.3 is 15.4 Å². The molecule has 0 aliphatic rings. The fourth-order valence-electron chi connectivity index (χ4n) is 1.65. The molecule has 23 heavy (non-hydrogen) atoms. The van der Waals surface area contributed by atoms with Gasteiger partial charge in [0.25, 0.3) is 5.91 Å². The molecule has 0 saturated carbocycles. The summed E-state index contributed by atoms with van der Waals surface area (Å²) < 4.78 is 22.9. The highest BCUT2D eigenvalue weighted by molar-refractivity contribution is 7.11. The molecule has 0 aliphatic heterocycles. The standard InChI is InChI=1S/C14H15FN4O3S/c1-19(2)14(21)17-13-10(11(16)20)12(18-23-13)22-7-8-5-3-4-6-9(8)15/h3-6H,7H2,1-2H3,(H2,16,20)(H,17,21). The van der Waals surface area contributed by atoms with Crippen molar-refractivity contribution in [1.29, 1.82) is 0 Å².